The molecular formula is C27H26F2N2O4S. The molecule has 3 aromatic rings. The van der Waals surface area contributed by atoms with Gasteiger partial charge in [0.15, 0.2) is 5.13 Å². The number of aromatic nitrogens is 1. The fourth-order valence-electron chi connectivity index (χ4n) is 4.03. The van der Waals surface area contributed by atoms with E-state index in [1.165, 1.54) is 31.1 Å². The number of carbonyl (C=O) groups is 2. The second-order valence-electron chi connectivity index (χ2n) is 8.62. The normalized spacial score (nSPS) is 12.5. The highest BCUT2D eigenvalue weighted by Crippen LogP contribution is 2.43. The molecule has 0 bridgehead atoms. The molecular weight excluding hydrogens is 486 g/mol. The fourth-order valence-corrected chi connectivity index (χ4v) is 4.92. The molecule has 1 amide bonds. The Morgan fingerprint density at radius 2 is 1.94 bits per heavy atom. The predicted octanol–water partition coefficient (Wildman–Crippen LogP) is 6.84. The summed E-state index contributed by atoms with van der Waals surface area (Å²) in [5.41, 5.74) is 1.73. The minimum absolute atomic E-state index is 0.231. The number of nitrogens with zero attached hydrogens (tertiary/aromatic N) is 1. The van der Waals surface area contributed by atoms with Gasteiger partial charge in [0.05, 0.1) is 10.6 Å². The predicted molar refractivity (Wildman–Crippen MR) is 135 cm³/mol. The Hall–Kier alpha value is -3.59. The van der Waals surface area contributed by atoms with Gasteiger partial charge in [0.1, 0.15) is 24.0 Å². The SMILES string of the molecule is CCCCCCc1cccc2c1OCc1sc(NC(=O)c3cc(F)c(/C=C(\C)C(=O)O)c(F)c3)nc1-2. The Labute approximate surface area is 211 Å². The minimum Gasteiger partial charge on any atom is -0.487 e. The van der Waals surface area contributed by atoms with Crippen molar-refractivity contribution in [2.45, 2.75) is 52.6 Å². The number of hydrogen-bond donors (Lipinski definition) is 2. The Balaban J connectivity index is 1.54. The number of halogens is 2. The van der Waals surface area contributed by atoms with Crippen LogP contribution in [0.3, 0.4) is 0 Å². The molecule has 188 valence electrons. The quantitative estimate of drug-likeness (QED) is 0.242. The number of amides is 1. The van der Waals surface area contributed by atoms with Gasteiger partial charge in [-0.3, -0.25) is 10.1 Å². The number of carbonyl (C=O) groups excluding carboxylic acids is 1. The molecule has 2 aromatic carbocycles. The zero-order valence-electron chi connectivity index (χ0n) is 20.0. The number of ether oxygens (including phenoxy) is 1. The van der Waals surface area contributed by atoms with Crippen LogP contribution in [0.1, 0.15) is 65.9 Å². The van der Waals surface area contributed by atoms with Gasteiger partial charge in [0, 0.05) is 22.3 Å². The molecule has 0 atom stereocenters. The summed E-state index contributed by atoms with van der Waals surface area (Å²) in [5.74, 6) is -3.28. The fraction of sp³-hybridized carbons (Fsp3) is 0.296. The lowest BCUT2D eigenvalue weighted by molar-refractivity contribution is -0.132. The summed E-state index contributed by atoms with van der Waals surface area (Å²) in [4.78, 5) is 29.1. The molecule has 2 heterocycles. The van der Waals surface area contributed by atoms with E-state index in [4.69, 9.17) is 9.84 Å². The van der Waals surface area contributed by atoms with Gasteiger partial charge in [-0.1, -0.05) is 49.7 Å². The van der Waals surface area contributed by atoms with E-state index in [9.17, 15) is 18.4 Å². The van der Waals surface area contributed by atoms with Crippen molar-refractivity contribution in [2.24, 2.45) is 0 Å². The third-order valence-corrected chi connectivity index (χ3v) is 6.90. The average molecular weight is 513 g/mol. The lowest BCUT2D eigenvalue weighted by Gasteiger charge is -2.19. The maximum atomic E-state index is 14.5. The average Bonchev–Trinajstić information content (AvgIpc) is 3.26. The van der Waals surface area contributed by atoms with Crippen LogP contribution in [0.15, 0.2) is 35.9 Å². The smallest absolute Gasteiger partial charge is 0.331 e. The number of unbranched alkanes of at least 4 members (excludes halogenated alkanes) is 3. The van der Waals surface area contributed by atoms with Crippen LogP contribution in [0.2, 0.25) is 0 Å². The highest BCUT2D eigenvalue weighted by molar-refractivity contribution is 7.16. The second-order valence-corrected chi connectivity index (χ2v) is 9.71. The van der Waals surface area contributed by atoms with Crippen LogP contribution >= 0.6 is 11.3 Å². The number of anilines is 1. The minimum atomic E-state index is -1.29. The largest absolute Gasteiger partial charge is 0.487 e. The molecule has 0 fully saturated rings. The van der Waals surface area contributed by atoms with E-state index in [1.807, 2.05) is 12.1 Å². The topological polar surface area (TPSA) is 88.5 Å². The van der Waals surface area contributed by atoms with E-state index in [0.29, 0.717) is 11.7 Å². The lowest BCUT2D eigenvalue weighted by Crippen LogP contribution is -2.13. The van der Waals surface area contributed by atoms with E-state index < -0.39 is 29.1 Å². The summed E-state index contributed by atoms with van der Waals surface area (Å²) >= 11 is 1.25. The first-order chi connectivity index (χ1) is 17.3. The molecule has 6 nitrogen and oxygen atoms in total. The molecule has 0 saturated heterocycles. The zero-order valence-corrected chi connectivity index (χ0v) is 20.8. The zero-order chi connectivity index (χ0) is 25.8. The number of thiazole rings is 1. The third-order valence-electron chi connectivity index (χ3n) is 5.96. The molecule has 1 aromatic heterocycles. The summed E-state index contributed by atoms with van der Waals surface area (Å²) in [6.45, 7) is 3.73. The van der Waals surface area contributed by atoms with E-state index in [2.05, 4.69) is 23.3 Å². The van der Waals surface area contributed by atoms with E-state index in [-0.39, 0.29) is 11.1 Å². The maximum Gasteiger partial charge on any atom is 0.331 e. The number of carboxylic acid groups (broad SMARTS) is 1. The van der Waals surface area contributed by atoms with Gasteiger partial charge >= 0.3 is 5.97 Å². The van der Waals surface area contributed by atoms with Crippen LogP contribution in [-0.2, 0) is 17.8 Å². The first-order valence-corrected chi connectivity index (χ1v) is 12.6. The standard InChI is InChI=1S/C27H26F2N2O4S/c1-3-4-5-6-8-16-9-7-10-18-23-22(14-35-24(16)18)36-27(30-23)31-25(32)17-12-20(28)19(21(29)13-17)11-15(2)26(33)34/h7,9-13H,3-6,8,14H2,1-2H3,(H,33,34)(H,30,31,32)/b15-11+. The number of fused-ring (bicyclic) bond motifs is 3. The number of aliphatic carboxylic acids is 1. The Kier molecular flexibility index (Phi) is 7.79. The number of hydrogen-bond acceptors (Lipinski definition) is 5. The molecule has 2 N–H and O–H groups in total. The van der Waals surface area contributed by atoms with Crippen molar-refractivity contribution >= 4 is 34.4 Å². The van der Waals surface area contributed by atoms with Crippen molar-refractivity contribution in [3.63, 3.8) is 0 Å². The van der Waals surface area contributed by atoms with Crippen molar-refractivity contribution in [3.05, 3.63) is 69.1 Å². The third kappa shape index (κ3) is 5.46. The number of aryl methyl sites for hydroxylation is 1. The highest BCUT2D eigenvalue weighted by atomic mass is 32.1. The van der Waals surface area contributed by atoms with E-state index >= 15 is 0 Å². The number of carboxylic acids is 1. The van der Waals surface area contributed by atoms with Crippen LogP contribution in [0.25, 0.3) is 17.3 Å². The van der Waals surface area contributed by atoms with Crippen LogP contribution in [-0.4, -0.2) is 22.0 Å². The van der Waals surface area contributed by atoms with Crippen molar-refractivity contribution in [1.82, 2.24) is 4.98 Å². The number of para-hydroxylation sites is 1. The van der Waals surface area contributed by atoms with E-state index in [0.717, 1.165) is 64.9 Å². The monoisotopic (exact) mass is 512 g/mol. The van der Waals surface area contributed by atoms with Crippen LogP contribution in [0.5, 0.6) is 5.75 Å². The Morgan fingerprint density at radius 1 is 1.19 bits per heavy atom. The highest BCUT2D eigenvalue weighted by Gasteiger charge is 2.25. The molecule has 0 saturated carbocycles. The molecule has 0 spiro atoms. The van der Waals surface area contributed by atoms with Crippen molar-refractivity contribution in [3.8, 4) is 17.0 Å². The van der Waals surface area contributed by atoms with Crippen LogP contribution < -0.4 is 10.1 Å². The van der Waals surface area contributed by atoms with Gasteiger partial charge in [-0.15, -0.1) is 0 Å². The van der Waals surface area contributed by atoms with Crippen molar-refractivity contribution < 1.29 is 28.2 Å². The van der Waals surface area contributed by atoms with Gasteiger partial charge in [0.2, 0.25) is 0 Å². The Morgan fingerprint density at radius 3 is 2.64 bits per heavy atom. The molecule has 1 aliphatic heterocycles. The number of nitrogens with one attached hydrogen (secondary N) is 1. The molecule has 1 aliphatic rings. The number of rotatable bonds is 9. The molecule has 36 heavy (non-hydrogen) atoms. The molecule has 0 unspecified atom stereocenters. The number of benzene rings is 2. The van der Waals surface area contributed by atoms with E-state index in [1.54, 1.807) is 0 Å². The molecule has 9 heteroatoms. The lowest BCUT2D eigenvalue weighted by atomic mass is 9.99. The molecule has 4 rings (SSSR count). The van der Waals surface area contributed by atoms with Crippen LogP contribution in [0, 0.1) is 11.6 Å². The van der Waals surface area contributed by atoms with Gasteiger partial charge in [-0.05, 0) is 49.6 Å². The molecule has 0 aliphatic carbocycles. The summed E-state index contributed by atoms with van der Waals surface area (Å²) < 4.78 is 35.0. The Bertz CT molecular complexity index is 1330. The second kappa shape index (κ2) is 11.0. The first kappa shape index (κ1) is 25.5. The first-order valence-electron chi connectivity index (χ1n) is 11.7. The van der Waals surface area contributed by atoms with Crippen LogP contribution in [0.4, 0.5) is 13.9 Å². The summed E-state index contributed by atoms with van der Waals surface area (Å²) in [7, 11) is 0. The van der Waals surface area contributed by atoms with Gasteiger partial charge in [-0.2, -0.15) is 0 Å². The van der Waals surface area contributed by atoms with Gasteiger partial charge in [0.25, 0.3) is 5.91 Å². The van der Waals surface area contributed by atoms with Crippen molar-refractivity contribution in [2.75, 3.05) is 5.32 Å². The summed E-state index contributed by atoms with van der Waals surface area (Å²) in [6, 6.07) is 7.71. The van der Waals surface area contributed by atoms with Gasteiger partial charge < -0.3 is 9.84 Å². The van der Waals surface area contributed by atoms with Gasteiger partial charge in [-0.25, -0.2) is 18.6 Å². The summed E-state index contributed by atoms with van der Waals surface area (Å²) in [6.07, 6.45) is 6.42. The van der Waals surface area contributed by atoms with Crippen molar-refractivity contribution in [1.29, 1.82) is 0 Å². The molecule has 0 radical (unpaired) electrons. The maximum absolute atomic E-state index is 14.5. The summed E-state index contributed by atoms with van der Waals surface area (Å²) in [5, 5.41) is 11.8.